The van der Waals surface area contributed by atoms with Crippen LogP contribution in [0.2, 0.25) is 0 Å². The van der Waals surface area contributed by atoms with Crippen LogP contribution in [-0.2, 0) is 0 Å². The molecule has 11 heavy (non-hydrogen) atoms. The molecule has 0 saturated carbocycles. The number of aliphatic hydroxyl groups excluding tert-OH is 2. The molecule has 68 valence electrons. The average Bonchev–Trinajstić information content (AvgIpc) is 1.96. The first-order valence-corrected chi connectivity index (χ1v) is 3.69. The molecular formula is C7H16ClNO2. The van der Waals surface area contributed by atoms with E-state index < -0.39 is 6.10 Å². The summed E-state index contributed by atoms with van der Waals surface area (Å²) in [6.07, 6.45) is 0.455. The summed E-state index contributed by atoms with van der Waals surface area (Å²) < 4.78 is 0. The molecule has 2 atom stereocenters. The molecule has 3 nitrogen and oxygen atoms in total. The van der Waals surface area contributed by atoms with Gasteiger partial charge < -0.3 is 15.5 Å². The Labute approximate surface area is 73.2 Å². The van der Waals surface area contributed by atoms with Crippen LogP contribution in [0.25, 0.3) is 0 Å². The number of hydrogen-bond acceptors (Lipinski definition) is 3. The largest absolute Gasteiger partial charge is 0.396 e. The van der Waals surface area contributed by atoms with Gasteiger partial charge in [0.1, 0.15) is 0 Å². The summed E-state index contributed by atoms with van der Waals surface area (Å²) in [5, 5.41) is 21.4. The van der Waals surface area contributed by atoms with Crippen molar-refractivity contribution in [2.45, 2.75) is 19.4 Å². The fourth-order valence-electron chi connectivity index (χ4n) is 1.21. The molecule has 0 amide bonds. The number of aliphatic hydroxyl groups is 2. The van der Waals surface area contributed by atoms with E-state index in [4.69, 9.17) is 5.11 Å². The minimum absolute atomic E-state index is 0. The Kier molecular flexibility index (Phi) is 4.32. The van der Waals surface area contributed by atoms with Gasteiger partial charge in [-0.25, -0.2) is 0 Å². The van der Waals surface area contributed by atoms with Crippen LogP contribution >= 0.6 is 12.4 Å². The predicted molar refractivity (Wildman–Crippen MR) is 45.9 cm³/mol. The molecule has 0 unspecified atom stereocenters. The maximum absolute atomic E-state index is 9.41. The fourth-order valence-corrected chi connectivity index (χ4v) is 1.21. The molecule has 0 radical (unpaired) electrons. The highest BCUT2D eigenvalue weighted by Crippen LogP contribution is 2.26. The lowest BCUT2D eigenvalue weighted by Gasteiger charge is -2.37. The number of rotatable bonds is 1. The number of piperidine rings is 1. The van der Waals surface area contributed by atoms with E-state index in [9.17, 15) is 5.11 Å². The van der Waals surface area contributed by atoms with E-state index in [1.54, 1.807) is 0 Å². The Balaban J connectivity index is 0.000001000. The molecule has 3 N–H and O–H groups in total. The third kappa shape index (κ3) is 2.30. The lowest BCUT2D eigenvalue weighted by Crippen LogP contribution is -2.49. The van der Waals surface area contributed by atoms with Gasteiger partial charge in [0.15, 0.2) is 0 Å². The third-order valence-corrected chi connectivity index (χ3v) is 2.38. The van der Waals surface area contributed by atoms with Gasteiger partial charge in [0.25, 0.3) is 0 Å². The van der Waals surface area contributed by atoms with E-state index in [0.717, 1.165) is 13.0 Å². The maximum Gasteiger partial charge on any atom is 0.0740 e. The van der Waals surface area contributed by atoms with Crippen LogP contribution in [0.3, 0.4) is 0 Å². The number of nitrogens with one attached hydrogen (secondary N) is 1. The van der Waals surface area contributed by atoms with Crippen molar-refractivity contribution in [3.63, 3.8) is 0 Å². The van der Waals surface area contributed by atoms with Gasteiger partial charge in [0.2, 0.25) is 0 Å². The van der Waals surface area contributed by atoms with Gasteiger partial charge in [-0.2, -0.15) is 0 Å². The molecule has 1 aliphatic rings. The smallest absolute Gasteiger partial charge is 0.0740 e. The highest BCUT2D eigenvalue weighted by molar-refractivity contribution is 5.85. The minimum Gasteiger partial charge on any atom is -0.396 e. The van der Waals surface area contributed by atoms with E-state index in [1.165, 1.54) is 0 Å². The molecule has 1 saturated heterocycles. The Morgan fingerprint density at radius 1 is 1.64 bits per heavy atom. The quantitative estimate of drug-likeness (QED) is 0.524. The second-order valence-corrected chi connectivity index (χ2v) is 3.28. The monoisotopic (exact) mass is 181 g/mol. The molecule has 0 spiro atoms. The number of halogens is 1. The average molecular weight is 182 g/mol. The van der Waals surface area contributed by atoms with Crippen molar-refractivity contribution in [2.75, 3.05) is 19.7 Å². The van der Waals surface area contributed by atoms with Gasteiger partial charge in [-0.3, -0.25) is 0 Å². The second kappa shape index (κ2) is 4.26. The van der Waals surface area contributed by atoms with E-state index in [-0.39, 0.29) is 24.4 Å². The summed E-state index contributed by atoms with van der Waals surface area (Å²) >= 11 is 0. The van der Waals surface area contributed by atoms with Crippen molar-refractivity contribution in [1.82, 2.24) is 5.32 Å². The number of hydrogen-bond donors (Lipinski definition) is 3. The summed E-state index contributed by atoms with van der Waals surface area (Å²) in [5.74, 6) is 0. The molecular weight excluding hydrogens is 166 g/mol. The van der Waals surface area contributed by atoms with Gasteiger partial charge in [-0.05, 0) is 13.0 Å². The van der Waals surface area contributed by atoms with Gasteiger partial charge in [0.05, 0.1) is 12.7 Å². The Morgan fingerprint density at radius 2 is 2.27 bits per heavy atom. The molecule has 0 aromatic rings. The van der Waals surface area contributed by atoms with Crippen molar-refractivity contribution in [3.05, 3.63) is 0 Å². The summed E-state index contributed by atoms with van der Waals surface area (Å²) in [6.45, 7) is 3.50. The molecule has 1 heterocycles. The fraction of sp³-hybridized carbons (Fsp3) is 1.00. The van der Waals surface area contributed by atoms with Gasteiger partial charge in [-0.15, -0.1) is 12.4 Å². The summed E-state index contributed by atoms with van der Waals surface area (Å²) in [6, 6.07) is 0. The van der Waals surface area contributed by atoms with E-state index in [1.807, 2.05) is 6.92 Å². The molecule has 1 aliphatic heterocycles. The lowest BCUT2D eigenvalue weighted by molar-refractivity contribution is -0.0254. The van der Waals surface area contributed by atoms with E-state index in [0.29, 0.717) is 6.54 Å². The lowest BCUT2D eigenvalue weighted by atomic mass is 9.79. The third-order valence-electron chi connectivity index (χ3n) is 2.38. The van der Waals surface area contributed by atoms with Crippen molar-refractivity contribution < 1.29 is 10.2 Å². The van der Waals surface area contributed by atoms with Gasteiger partial charge in [0, 0.05) is 12.0 Å². The van der Waals surface area contributed by atoms with E-state index >= 15 is 0 Å². The van der Waals surface area contributed by atoms with Crippen molar-refractivity contribution in [1.29, 1.82) is 0 Å². The molecule has 0 aromatic heterocycles. The maximum atomic E-state index is 9.41. The normalized spacial score (nSPS) is 37.9. The highest BCUT2D eigenvalue weighted by Gasteiger charge is 2.34. The summed E-state index contributed by atoms with van der Waals surface area (Å²) in [7, 11) is 0. The highest BCUT2D eigenvalue weighted by atomic mass is 35.5. The topological polar surface area (TPSA) is 52.5 Å². The standard InChI is InChI=1S/C7H15NO2.ClH/c1-7(5-9)2-3-8-4-6(7)10;/h6,8-10H,2-5H2,1H3;1H/t6-,7+;/m0./s1. The zero-order chi connectivity index (χ0) is 7.61. The first-order valence-electron chi connectivity index (χ1n) is 3.69. The zero-order valence-corrected chi connectivity index (χ0v) is 7.52. The second-order valence-electron chi connectivity index (χ2n) is 3.28. The van der Waals surface area contributed by atoms with Crippen molar-refractivity contribution >= 4 is 12.4 Å². The van der Waals surface area contributed by atoms with Crippen LogP contribution in [0.5, 0.6) is 0 Å². The molecule has 0 bridgehead atoms. The van der Waals surface area contributed by atoms with Crippen LogP contribution < -0.4 is 5.32 Å². The van der Waals surface area contributed by atoms with Crippen molar-refractivity contribution in [2.24, 2.45) is 5.41 Å². The predicted octanol–water partition coefficient (Wildman–Crippen LogP) is -0.239. The molecule has 1 rings (SSSR count). The van der Waals surface area contributed by atoms with Crippen LogP contribution in [0, 0.1) is 5.41 Å². The summed E-state index contributed by atoms with van der Waals surface area (Å²) in [5.41, 5.74) is -0.273. The zero-order valence-electron chi connectivity index (χ0n) is 6.71. The van der Waals surface area contributed by atoms with Crippen LogP contribution in [0.15, 0.2) is 0 Å². The molecule has 0 aliphatic carbocycles. The van der Waals surface area contributed by atoms with Crippen molar-refractivity contribution in [3.8, 4) is 0 Å². The van der Waals surface area contributed by atoms with Crippen LogP contribution in [0.4, 0.5) is 0 Å². The number of β-amino-alcohol motifs (C(OH)–C–C–N with tert-alkyl or cyclic N) is 1. The SMILES string of the molecule is C[C@]1(CO)CCNC[C@@H]1O.Cl. The molecule has 0 aromatic carbocycles. The Morgan fingerprint density at radius 3 is 2.64 bits per heavy atom. The summed E-state index contributed by atoms with van der Waals surface area (Å²) in [4.78, 5) is 0. The van der Waals surface area contributed by atoms with Gasteiger partial charge >= 0.3 is 0 Å². The first kappa shape index (κ1) is 11.2. The molecule has 1 fully saturated rings. The van der Waals surface area contributed by atoms with E-state index in [2.05, 4.69) is 5.32 Å². The van der Waals surface area contributed by atoms with Crippen LogP contribution in [-0.4, -0.2) is 36.0 Å². The molecule has 4 heteroatoms. The van der Waals surface area contributed by atoms with Gasteiger partial charge in [-0.1, -0.05) is 6.92 Å². The first-order chi connectivity index (χ1) is 4.69. The van der Waals surface area contributed by atoms with Crippen LogP contribution in [0.1, 0.15) is 13.3 Å². The Hall–Kier alpha value is 0.170. The minimum atomic E-state index is -0.397. The Bertz CT molecular complexity index is 123.